The number of carbonyl (C=O) groups excluding carboxylic acids is 1. The van der Waals surface area contributed by atoms with Gasteiger partial charge in [0.05, 0.1) is 13.2 Å². The molecule has 0 unspecified atom stereocenters. The summed E-state index contributed by atoms with van der Waals surface area (Å²) in [5, 5.41) is 3.20. The van der Waals surface area contributed by atoms with Crippen LogP contribution in [0.25, 0.3) is 22.6 Å². The van der Waals surface area contributed by atoms with Crippen LogP contribution in [0.2, 0.25) is 0 Å². The van der Waals surface area contributed by atoms with Crippen molar-refractivity contribution in [3.63, 3.8) is 0 Å². The first-order valence-corrected chi connectivity index (χ1v) is 12.1. The molecule has 1 N–H and O–H groups in total. The van der Waals surface area contributed by atoms with Crippen LogP contribution in [0.15, 0.2) is 78.9 Å². The van der Waals surface area contributed by atoms with E-state index in [0.29, 0.717) is 23.9 Å². The summed E-state index contributed by atoms with van der Waals surface area (Å²) in [5.74, 6) is 1.82. The Morgan fingerprint density at radius 2 is 1.60 bits per heavy atom. The van der Waals surface area contributed by atoms with Crippen LogP contribution < -0.4 is 10.1 Å². The largest absolute Gasteiger partial charge is 0.497 e. The number of hydrogen-bond acceptors (Lipinski definition) is 3. The van der Waals surface area contributed by atoms with E-state index in [0.717, 1.165) is 28.3 Å². The summed E-state index contributed by atoms with van der Waals surface area (Å²) in [7, 11) is 1.65. The van der Waals surface area contributed by atoms with Crippen LogP contribution in [-0.2, 0) is 6.54 Å². The van der Waals surface area contributed by atoms with Crippen molar-refractivity contribution < 1.29 is 9.53 Å². The van der Waals surface area contributed by atoms with Crippen LogP contribution in [0.5, 0.6) is 5.75 Å². The number of nitrogens with zero attached hydrogens (tertiary/aromatic N) is 2. The minimum Gasteiger partial charge on any atom is -0.497 e. The Balaban J connectivity index is 1.79. The summed E-state index contributed by atoms with van der Waals surface area (Å²) in [4.78, 5) is 18.8. The maximum absolute atomic E-state index is 13.8. The summed E-state index contributed by atoms with van der Waals surface area (Å²) < 4.78 is 7.28. The van der Waals surface area contributed by atoms with Gasteiger partial charge in [0.15, 0.2) is 0 Å². The number of ether oxygens (including phenoxy) is 1. The number of carbonyl (C=O) groups is 1. The third-order valence-corrected chi connectivity index (χ3v) is 6.32. The number of amides is 1. The smallest absolute Gasteiger partial charge is 0.270 e. The SMILES string of the molecule is CCn1c(-c2ccccc2)nc(-c2cccc(C(C)C)c2)c1C(=O)N[C@@H](C)c1ccc(OC)cc1. The number of hydrogen-bond donors (Lipinski definition) is 1. The fourth-order valence-corrected chi connectivity index (χ4v) is 4.29. The lowest BCUT2D eigenvalue weighted by Gasteiger charge is -2.17. The average Bonchev–Trinajstić information content (AvgIpc) is 3.29. The summed E-state index contributed by atoms with van der Waals surface area (Å²) in [6.45, 7) is 9.00. The minimum atomic E-state index is -0.177. The van der Waals surface area contributed by atoms with Gasteiger partial charge in [0.2, 0.25) is 0 Å². The highest BCUT2D eigenvalue weighted by molar-refractivity contribution is 5.99. The van der Waals surface area contributed by atoms with Gasteiger partial charge in [-0.3, -0.25) is 4.79 Å². The Hall–Kier alpha value is -3.86. The van der Waals surface area contributed by atoms with Crippen molar-refractivity contribution in [1.29, 1.82) is 0 Å². The van der Waals surface area contributed by atoms with Crippen molar-refractivity contribution in [2.45, 2.75) is 46.2 Å². The predicted octanol–water partition coefficient (Wildman–Crippen LogP) is 6.86. The standard InChI is InChI=1S/C30H33N3O2/c1-6-33-28(30(34)31-21(4)22-15-17-26(35-5)18-16-22)27(25-14-10-13-24(19-25)20(2)3)32-29(33)23-11-8-7-9-12-23/h7-21H,6H2,1-5H3,(H,31,34)/t21-/m0/s1. The topological polar surface area (TPSA) is 56.2 Å². The Morgan fingerprint density at radius 3 is 2.23 bits per heavy atom. The first-order valence-electron chi connectivity index (χ1n) is 12.1. The molecule has 35 heavy (non-hydrogen) atoms. The molecular weight excluding hydrogens is 434 g/mol. The van der Waals surface area contributed by atoms with Crippen molar-refractivity contribution in [3.8, 4) is 28.4 Å². The number of benzene rings is 3. The van der Waals surface area contributed by atoms with E-state index in [1.54, 1.807) is 7.11 Å². The summed E-state index contributed by atoms with van der Waals surface area (Å²) in [6.07, 6.45) is 0. The minimum absolute atomic E-state index is 0.144. The van der Waals surface area contributed by atoms with Gasteiger partial charge in [-0.2, -0.15) is 0 Å². The Bertz CT molecular complexity index is 1290. The van der Waals surface area contributed by atoms with E-state index in [1.807, 2.05) is 85.1 Å². The van der Waals surface area contributed by atoms with E-state index in [1.165, 1.54) is 5.56 Å². The molecule has 0 spiro atoms. The second-order valence-electron chi connectivity index (χ2n) is 8.99. The molecule has 0 bridgehead atoms. The van der Waals surface area contributed by atoms with Gasteiger partial charge >= 0.3 is 0 Å². The fourth-order valence-electron chi connectivity index (χ4n) is 4.29. The Kier molecular flexibility index (Phi) is 7.35. The van der Waals surface area contributed by atoms with Gasteiger partial charge in [-0.1, -0.05) is 74.5 Å². The molecule has 1 heterocycles. The Morgan fingerprint density at radius 1 is 0.914 bits per heavy atom. The van der Waals surface area contributed by atoms with Crippen LogP contribution in [0.3, 0.4) is 0 Å². The highest BCUT2D eigenvalue weighted by atomic mass is 16.5. The lowest BCUT2D eigenvalue weighted by atomic mass is 9.99. The zero-order chi connectivity index (χ0) is 24.9. The second-order valence-corrected chi connectivity index (χ2v) is 8.99. The molecular formula is C30H33N3O2. The van der Waals surface area contributed by atoms with Crippen LogP contribution >= 0.6 is 0 Å². The van der Waals surface area contributed by atoms with Crippen molar-refractivity contribution in [1.82, 2.24) is 14.9 Å². The molecule has 180 valence electrons. The van der Waals surface area contributed by atoms with Crippen molar-refractivity contribution in [2.24, 2.45) is 0 Å². The molecule has 3 aromatic carbocycles. The molecule has 4 aromatic rings. The third-order valence-electron chi connectivity index (χ3n) is 6.32. The van der Waals surface area contributed by atoms with Crippen molar-refractivity contribution in [3.05, 3.63) is 95.7 Å². The summed E-state index contributed by atoms with van der Waals surface area (Å²) >= 11 is 0. The molecule has 0 aliphatic carbocycles. The molecule has 0 aliphatic heterocycles. The van der Waals surface area contributed by atoms with Gasteiger partial charge in [0, 0.05) is 17.7 Å². The molecule has 5 heteroatoms. The van der Waals surface area contributed by atoms with E-state index in [4.69, 9.17) is 9.72 Å². The Labute approximate surface area is 207 Å². The monoisotopic (exact) mass is 467 g/mol. The first-order chi connectivity index (χ1) is 16.9. The van der Waals surface area contributed by atoms with Gasteiger partial charge in [-0.25, -0.2) is 4.98 Å². The fraction of sp³-hybridized carbons (Fsp3) is 0.267. The normalized spacial score (nSPS) is 11.9. The van der Waals surface area contributed by atoms with E-state index in [9.17, 15) is 4.79 Å². The van der Waals surface area contributed by atoms with Crippen LogP contribution in [0.4, 0.5) is 0 Å². The highest BCUT2D eigenvalue weighted by Gasteiger charge is 2.25. The van der Waals surface area contributed by atoms with Gasteiger partial charge in [-0.05, 0) is 49.1 Å². The van der Waals surface area contributed by atoms with E-state index in [2.05, 4.69) is 31.3 Å². The number of aromatic nitrogens is 2. The molecule has 0 saturated carbocycles. The first kappa shape index (κ1) is 24.3. The van der Waals surface area contributed by atoms with E-state index >= 15 is 0 Å². The number of methoxy groups -OCH3 is 1. The van der Waals surface area contributed by atoms with Crippen molar-refractivity contribution in [2.75, 3.05) is 7.11 Å². The second kappa shape index (κ2) is 10.6. The predicted molar refractivity (Wildman–Crippen MR) is 142 cm³/mol. The highest BCUT2D eigenvalue weighted by Crippen LogP contribution is 2.32. The molecule has 1 atom stereocenters. The van der Waals surface area contributed by atoms with Gasteiger partial charge < -0.3 is 14.6 Å². The molecule has 5 nitrogen and oxygen atoms in total. The zero-order valence-corrected chi connectivity index (χ0v) is 21.1. The maximum atomic E-state index is 13.8. The average molecular weight is 468 g/mol. The number of imidazole rings is 1. The van der Waals surface area contributed by atoms with Crippen molar-refractivity contribution >= 4 is 5.91 Å². The number of nitrogens with one attached hydrogen (secondary N) is 1. The zero-order valence-electron chi connectivity index (χ0n) is 21.1. The summed E-state index contributed by atoms with van der Waals surface area (Å²) in [5.41, 5.74) is 5.43. The van der Waals surface area contributed by atoms with E-state index < -0.39 is 0 Å². The van der Waals surface area contributed by atoms with Gasteiger partial charge in [-0.15, -0.1) is 0 Å². The van der Waals surface area contributed by atoms with Gasteiger partial charge in [0.1, 0.15) is 23.0 Å². The molecule has 4 rings (SSSR count). The molecule has 0 radical (unpaired) electrons. The maximum Gasteiger partial charge on any atom is 0.270 e. The number of rotatable bonds is 8. The summed E-state index contributed by atoms with van der Waals surface area (Å²) in [6, 6.07) is 26.0. The lowest BCUT2D eigenvalue weighted by Crippen LogP contribution is -2.29. The third kappa shape index (κ3) is 5.14. The molecule has 1 amide bonds. The van der Waals surface area contributed by atoms with Crippen LogP contribution in [0, 0.1) is 0 Å². The molecule has 0 aliphatic rings. The van der Waals surface area contributed by atoms with E-state index in [-0.39, 0.29) is 11.9 Å². The van der Waals surface area contributed by atoms with Crippen LogP contribution in [-0.4, -0.2) is 22.6 Å². The van der Waals surface area contributed by atoms with Gasteiger partial charge in [0.25, 0.3) is 5.91 Å². The molecule has 0 saturated heterocycles. The lowest BCUT2D eigenvalue weighted by molar-refractivity contribution is 0.0931. The molecule has 0 fully saturated rings. The molecule has 1 aromatic heterocycles. The van der Waals surface area contributed by atoms with Crippen LogP contribution in [0.1, 0.15) is 61.3 Å². The quantitative estimate of drug-likeness (QED) is 0.308.